The van der Waals surface area contributed by atoms with Crippen LogP contribution in [-0.4, -0.2) is 37.9 Å². The molecule has 0 saturated carbocycles. The van der Waals surface area contributed by atoms with Crippen molar-refractivity contribution in [3.8, 4) is 0 Å². The first kappa shape index (κ1) is 20.5. The number of imidazole rings is 1. The Hall–Kier alpha value is -1.83. The second-order valence-electron chi connectivity index (χ2n) is 7.47. The Morgan fingerprint density at radius 1 is 1.31 bits per heavy atom. The summed E-state index contributed by atoms with van der Waals surface area (Å²) in [5, 5.41) is 20.5. The maximum absolute atomic E-state index is 13.3. The molecule has 0 aliphatic carbocycles. The predicted octanol–water partition coefficient (Wildman–Crippen LogP) is 2.64. The highest BCUT2D eigenvalue weighted by Gasteiger charge is 2.26. The summed E-state index contributed by atoms with van der Waals surface area (Å²) >= 11 is 0. The highest BCUT2D eigenvalue weighted by molar-refractivity contribution is 5.17. The lowest BCUT2D eigenvalue weighted by Crippen LogP contribution is -2.38. The van der Waals surface area contributed by atoms with E-state index < -0.39 is 23.7 Å². The van der Waals surface area contributed by atoms with Gasteiger partial charge >= 0.3 is 0 Å². The normalized spacial score (nSPS) is 15.7. The Morgan fingerprint density at radius 3 is 2.62 bits per heavy atom. The number of aromatic amines is 1. The molecule has 144 valence electrons. The summed E-state index contributed by atoms with van der Waals surface area (Å²) in [7, 11) is 0. The van der Waals surface area contributed by atoms with Crippen molar-refractivity contribution in [2.45, 2.75) is 63.2 Å². The average molecular weight is 367 g/mol. The Balaban J connectivity index is 2.03. The van der Waals surface area contributed by atoms with E-state index in [0.717, 1.165) is 6.20 Å². The van der Waals surface area contributed by atoms with Gasteiger partial charge in [-0.25, -0.2) is 9.37 Å². The third-order valence-electron chi connectivity index (χ3n) is 4.44. The molecule has 0 bridgehead atoms. The van der Waals surface area contributed by atoms with Crippen LogP contribution in [0.2, 0.25) is 0 Å². The first-order valence-corrected chi connectivity index (χ1v) is 8.75. The van der Waals surface area contributed by atoms with Crippen LogP contribution in [0.25, 0.3) is 0 Å². The predicted molar refractivity (Wildman–Crippen MR) is 95.5 cm³/mol. The van der Waals surface area contributed by atoms with Crippen molar-refractivity contribution >= 4 is 0 Å². The van der Waals surface area contributed by atoms with E-state index in [4.69, 9.17) is 5.73 Å². The molecular formula is C19H27F2N3O2. The molecule has 5 nitrogen and oxygen atoms in total. The van der Waals surface area contributed by atoms with Gasteiger partial charge in [-0.1, -0.05) is 12.1 Å². The number of rotatable bonds is 9. The Morgan fingerprint density at radius 2 is 2.04 bits per heavy atom. The fourth-order valence-electron chi connectivity index (χ4n) is 2.95. The van der Waals surface area contributed by atoms with Gasteiger partial charge in [-0.3, -0.25) is 0 Å². The second-order valence-corrected chi connectivity index (χ2v) is 7.47. The molecule has 0 aliphatic rings. The highest BCUT2D eigenvalue weighted by Crippen LogP contribution is 2.28. The minimum Gasteiger partial charge on any atom is -0.391 e. The molecule has 5 N–H and O–H groups in total. The van der Waals surface area contributed by atoms with E-state index in [-0.39, 0.29) is 18.2 Å². The molecule has 26 heavy (non-hydrogen) atoms. The van der Waals surface area contributed by atoms with Crippen LogP contribution in [0.4, 0.5) is 8.78 Å². The highest BCUT2D eigenvalue weighted by atomic mass is 19.1. The second kappa shape index (κ2) is 8.70. The van der Waals surface area contributed by atoms with Crippen LogP contribution in [0, 0.1) is 11.8 Å². The summed E-state index contributed by atoms with van der Waals surface area (Å²) in [6.45, 7) is 3.39. The van der Waals surface area contributed by atoms with Crippen LogP contribution >= 0.6 is 0 Å². The molecule has 1 aromatic carbocycles. The summed E-state index contributed by atoms with van der Waals surface area (Å²) in [5.41, 5.74) is 5.91. The topological polar surface area (TPSA) is 95.2 Å². The van der Waals surface area contributed by atoms with Crippen molar-refractivity contribution in [3.63, 3.8) is 0 Å². The molecular weight excluding hydrogens is 340 g/mol. The van der Waals surface area contributed by atoms with Gasteiger partial charge in [-0.2, -0.15) is 4.39 Å². The zero-order valence-electron chi connectivity index (χ0n) is 15.1. The van der Waals surface area contributed by atoms with Crippen LogP contribution in [-0.2, 0) is 6.42 Å². The average Bonchev–Trinajstić information content (AvgIpc) is 2.96. The largest absolute Gasteiger partial charge is 0.391 e. The lowest BCUT2D eigenvalue weighted by molar-refractivity contribution is 0.0616. The molecule has 7 heteroatoms. The lowest BCUT2D eigenvalue weighted by Gasteiger charge is -2.25. The SMILES string of the molecule is CC(C)(O)CC[C@H](C[C@H](O)[C@@H](N)Cc1cccc(F)c1)c1ncc(F)[nH]1. The summed E-state index contributed by atoms with van der Waals surface area (Å²) in [4.78, 5) is 6.56. The van der Waals surface area contributed by atoms with Crippen LogP contribution < -0.4 is 5.73 Å². The molecule has 1 aromatic heterocycles. The third kappa shape index (κ3) is 6.48. The fraction of sp³-hybridized carbons (Fsp3) is 0.526. The molecule has 3 atom stereocenters. The standard InChI is InChI=1S/C19H27F2N3O2/c1-19(2,26)7-6-13(18-23-11-17(21)24-18)10-16(25)15(22)9-12-4-3-5-14(20)8-12/h3-5,8,11,13,15-16,25-26H,6-7,9-10,22H2,1-2H3,(H,23,24)/t13-,15+,16+/m1/s1. The van der Waals surface area contributed by atoms with Gasteiger partial charge in [0.25, 0.3) is 0 Å². The summed E-state index contributed by atoms with van der Waals surface area (Å²) < 4.78 is 26.6. The maximum atomic E-state index is 13.3. The molecule has 0 saturated heterocycles. The van der Waals surface area contributed by atoms with E-state index in [1.54, 1.807) is 26.0 Å². The summed E-state index contributed by atoms with van der Waals surface area (Å²) in [6, 6.07) is 5.50. The number of aliphatic hydroxyl groups excluding tert-OH is 1. The van der Waals surface area contributed by atoms with Crippen LogP contribution in [0.5, 0.6) is 0 Å². The first-order valence-electron chi connectivity index (χ1n) is 8.75. The van der Waals surface area contributed by atoms with Crippen molar-refractivity contribution < 1.29 is 19.0 Å². The molecule has 0 radical (unpaired) electrons. The smallest absolute Gasteiger partial charge is 0.210 e. The number of H-pyrrole nitrogens is 1. The van der Waals surface area contributed by atoms with Gasteiger partial charge < -0.3 is 20.9 Å². The monoisotopic (exact) mass is 367 g/mol. The first-order chi connectivity index (χ1) is 12.1. The third-order valence-corrected chi connectivity index (χ3v) is 4.44. The van der Waals surface area contributed by atoms with E-state index in [9.17, 15) is 19.0 Å². The zero-order valence-corrected chi connectivity index (χ0v) is 15.1. The van der Waals surface area contributed by atoms with E-state index in [1.807, 2.05) is 0 Å². The minimum atomic E-state index is -0.877. The molecule has 2 aromatic rings. The Labute approximate surface area is 152 Å². The lowest BCUT2D eigenvalue weighted by atomic mass is 9.88. The number of benzene rings is 1. The summed E-state index contributed by atoms with van der Waals surface area (Å²) in [6.07, 6.45) is 1.78. The number of hydrogen-bond acceptors (Lipinski definition) is 4. The van der Waals surface area contributed by atoms with E-state index in [0.29, 0.717) is 30.7 Å². The molecule has 1 heterocycles. The number of hydrogen-bond donors (Lipinski definition) is 4. The van der Waals surface area contributed by atoms with Crippen molar-refractivity contribution in [2.24, 2.45) is 5.73 Å². The number of halogens is 2. The quantitative estimate of drug-likeness (QED) is 0.548. The molecule has 2 rings (SSSR count). The van der Waals surface area contributed by atoms with Gasteiger partial charge in [0, 0.05) is 12.0 Å². The van der Waals surface area contributed by atoms with E-state index in [2.05, 4.69) is 9.97 Å². The number of aliphatic hydroxyl groups is 2. The van der Waals surface area contributed by atoms with Gasteiger partial charge in [0.1, 0.15) is 11.6 Å². The number of nitrogens with zero attached hydrogens (tertiary/aromatic N) is 1. The van der Waals surface area contributed by atoms with Crippen molar-refractivity contribution in [1.29, 1.82) is 0 Å². The molecule has 0 aliphatic heterocycles. The van der Waals surface area contributed by atoms with Crippen molar-refractivity contribution in [3.05, 3.63) is 53.6 Å². The molecule has 0 fully saturated rings. The van der Waals surface area contributed by atoms with Crippen LogP contribution in [0.1, 0.15) is 50.4 Å². The Bertz CT molecular complexity index is 700. The fourth-order valence-corrected chi connectivity index (χ4v) is 2.95. The van der Waals surface area contributed by atoms with E-state index in [1.165, 1.54) is 12.1 Å². The van der Waals surface area contributed by atoms with Crippen LogP contribution in [0.15, 0.2) is 30.5 Å². The van der Waals surface area contributed by atoms with Gasteiger partial charge in [0.15, 0.2) is 0 Å². The van der Waals surface area contributed by atoms with Gasteiger partial charge in [0.2, 0.25) is 5.95 Å². The molecule has 0 amide bonds. The minimum absolute atomic E-state index is 0.263. The number of nitrogens with two attached hydrogens (primary N) is 1. The van der Waals surface area contributed by atoms with Gasteiger partial charge in [0.05, 0.1) is 17.9 Å². The summed E-state index contributed by atoms with van der Waals surface area (Å²) in [5.74, 6) is -0.756. The molecule has 0 spiro atoms. The van der Waals surface area contributed by atoms with Gasteiger partial charge in [-0.05, 0) is 57.2 Å². The number of nitrogens with one attached hydrogen (secondary N) is 1. The number of aromatic nitrogens is 2. The molecule has 0 unspecified atom stereocenters. The van der Waals surface area contributed by atoms with Crippen LogP contribution in [0.3, 0.4) is 0 Å². The Kier molecular flexibility index (Phi) is 6.86. The zero-order chi connectivity index (χ0) is 19.3. The van der Waals surface area contributed by atoms with Gasteiger partial charge in [-0.15, -0.1) is 0 Å². The van der Waals surface area contributed by atoms with E-state index >= 15 is 0 Å². The van der Waals surface area contributed by atoms with Crippen molar-refractivity contribution in [2.75, 3.05) is 0 Å². The van der Waals surface area contributed by atoms with Crippen molar-refractivity contribution in [1.82, 2.24) is 9.97 Å². The maximum Gasteiger partial charge on any atom is 0.210 e.